The Hall–Kier alpha value is -1.48. The van der Waals surface area contributed by atoms with Gasteiger partial charge in [0.05, 0.1) is 0 Å². The fourth-order valence-electron chi connectivity index (χ4n) is 3.18. The molecule has 0 radical (unpaired) electrons. The van der Waals surface area contributed by atoms with Crippen molar-refractivity contribution >= 4 is 16.6 Å². The molecule has 102 valence electrons. The highest BCUT2D eigenvalue weighted by atomic mass is 15.0. The molecule has 1 heterocycles. The highest BCUT2D eigenvalue weighted by molar-refractivity contribution is 5.86. The fraction of sp³-hybridized carbons (Fsp3) is 0.500. The number of rotatable bonds is 4. The van der Waals surface area contributed by atoms with Gasteiger partial charge >= 0.3 is 0 Å². The normalized spacial score (nSPS) is 16.5. The number of nitrogens with two attached hydrogens (primary N) is 1. The predicted molar refractivity (Wildman–Crippen MR) is 81.1 cm³/mol. The minimum absolute atomic E-state index is 0.709. The number of fused-ring (bicyclic) bond motifs is 1. The molecule has 0 saturated heterocycles. The molecule has 0 amide bonds. The molecular formula is C16H23N3. The van der Waals surface area contributed by atoms with Gasteiger partial charge in [0.25, 0.3) is 0 Å². The maximum absolute atomic E-state index is 5.93. The number of hydrogen-bond acceptors (Lipinski definition) is 2. The van der Waals surface area contributed by atoms with Crippen molar-refractivity contribution in [1.29, 1.82) is 0 Å². The van der Waals surface area contributed by atoms with Gasteiger partial charge in [0, 0.05) is 41.9 Å². The number of nitrogens with zero attached hydrogens (tertiary/aromatic N) is 1. The van der Waals surface area contributed by atoms with E-state index in [9.17, 15) is 0 Å². The monoisotopic (exact) mass is 257 g/mol. The fourth-order valence-corrected chi connectivity index (χ4v) is 3.18. The molecule has 1 aliphatic carbocycles. The Morgan fingerprint density at radius 3 is 2.84 bits per heavy atom. The van der Waals surface area contributed by atoms with Gasteiger partial charge in [0.15, 0.2) is 0 Å². The smallest absolute Gasteiger partial charge is 0.0485 e. The molecule has 3 heteroatoms. The van der Waals surface area contributed by atoms with Gasteiger partial charge in [-0.15, -0.1) is 0 Å². The van der Waals surface area contributed by atoms with Gasteiger partial charge in [-0.25, -0.2) is 0 Å². The summed E-state index contributed by atoms with van der Waals surface area (Å²) in [6.07, 6.45) is 7.68. The second-order valence-electron chi connectivity index (χ2n) is 5.58. The molecule has 1 aliphatic rings. The van der Waals surface area contributed by atoms with Crippen LogP contribution in [0.25, 0.3) is 10.9 Å². The van der Waals surface area contributed by atoms with Crippen molar-refractivity contribution in [3.05, 3.63) is 30.0 Å². The van der Waals surface area contributed by atoms with Crippen LogP contribution in [0.15, 0.2) is 24.4 Å². The first-order valence-corrected chi connectivity index (χ1v) is 7.38. The minimum Gasteiger partial charge on any atom is -0.399 e. The van der Waals surface area contributed by atoms with Crippen molar-refractivity contribution in [2.24, 2.45) is 0 Å². The van der Waals surface area contributed by atoms with E-state index in [0.717, 1.165) is 18.8 Å². The molecule has 0 atom stereocenters. The van der Waals surface area contributed by atoms with Crippen LogP contribution in [-0.4, -0.2) is 10.6 Å². The first kappa shape index (κ1) is 12.5. The van der Waals surface area contributed by atoms with E-state index in [1.54, 1.807) is 0 Å². The Morgan fingerprint density at radius 1 is 1.32 bits per heavy atom. The molecule has 0 bridgehead atoms. The number of aryl methyl sites for hydroxylation is 1. The number of hydrogen-bond donors (Lipinski definition) is 2. The minimum atomic E-state index is 0.709. The lowest BCUT2D eigenvalue weighted by Gasteiger charge is -2.10. The Bertz CT molecular complexity index is 565. The highest BCUT2D eigenvalue weighted by Crippen LogP contribution is 2.25. The van der Waals surface area contributed by atoms with E-state index in [1.807, 2.05) is 6.07 Å². The third-order valence-electron chi connectivity index (χ3n) is 4.26. The summed E-state index contributed by atoms with van der Waals surface area (Å²) < 4.78 is 2.31. The van der Waals surface area contributed by atoms with Crippen molar-refractivity contribution in [3.63, 3.8) is 0 Å². The summed E-state index contributed by atoms with van der Waals surface area (Å²) >= 11 is 0. The molecule has 1 aromatic carbocycles. The molecule has 3 nitrogen and oxygen atoms in total. The molecule has 1 fully saturated rings. The Kier molecular flexibility index (Phi) is 3.47. The first-order chi connectivity index (χ1) is 9.28. The zero-order valence-electron chi connectivity index (χ0n) is 11.7. The zero-order valence-corrected chi connectivity index (χ0v) is 11.7. The predicted octanol–water partition coefficient (Wildman–Crippen LogP) is 3.28. The van der Waals surface area contributed by atoms with Crippen LogP contribution in [0.2, 0.25) is 0 Å². The molecule has 3 rings (SSSR count). The highest BCUT2D eigenvalue weighted by Gasteiger charge is 2.15. The molecule has 1 saturated carbocycles. The van der Waals surface area contributed by atoms with Crippen LogP contribution in [0.1, 0.15) is 38.2 Å². The summed E-state index contributed by atoms with van der Waals surface area (Å²) in [6, 6.07) is 6.93. The SMILES string of the molecule is CCn1cc(CNC2CCCC2)c2cc(N)ccc21. The maximum Gasteiger partial charge on any atom is 0.0485 e. The van der Waals surface area contributed by atoms with E-state index in [4.69, 9.17) is 5.73 Å². The van der Waals surface area contributed by atoms with E-state index < -0.39 is 0 Å². The van der Waals surface area contributed by atoms with Crippen LogP contribution in [0, 0.1) is 0 Å². The van der Waals surface area contributed by atoms with Crippen LogP contribution < -0.4 is 11.1 Å². The van der Waals surface area contributed by atoms with Crippen molar-refractivity contribution in [2.75, 3.05) is 5.73 Å². The van der Waals surface area contributed by atoms with Crippen LogP contribution in [0.4, 0.5) is 5.69 Å². The first-order valence-electron chi connectivity index (χ1n) is 7.38. The van der Waals surface area contributed by atoms with E-state index in [2.05, 4.69) is 35.1 Å². The second kappa shape index (κ2) is 5.25. The van der Waals surface area contributed by atoms with Crippen LogP contribution in [0.5, 0.6) is 0 Å². The van der Waals surface area contributed by atoms with Gasteiger partial charge in [0.1, 0.15) is 0 Å². The molecular weight excluding hydrogens is 234 g/mol. The average Bonchev–Trinajstić information content (AvgIpc) is 3.03. The van der Waals surface area contributed by atoms with E-state index in [-0.39, 0.29) is 0 Å². The Balaban J connectivity index is 1.86. The van der Waals surface area contributed by atoms with Crippen LogP contribution in [-0.2, 0) is 13.1 Å². The van der Waals surface area contributed by atoms with Crippen molar-refractivity contribution < 1.29 is 0 Å². The molecule has 19 heavy (non-hydrogen) atoms. The summed E-state index contributed by atoms with van der Waals surface area (Å²) in [5, 5.41) is 4.99. The van der Waals surface area contributed by atoms with Crippen molar-refractivity contribution in [2.45, 2.75) is 51.7 Å². The third-order valence-corrected chi connectivity index (χ3v) is 4.26. The maximum atomic E-state index is 5.93. The average molecular weight is 257 g/mol. The van der Waals surface area contributed by atoms with Gasteiger partial charge in [0.2, 0.25) is 0 Å². The topological polar surface area (TPSA) is 43.0 Å². The molecule has 0 spiro atoms. The molecule has 3 N–H and O–H groups in total. The van der Waals surface area contributed by atoms with Gasteiger partial charge < -0.3 is 15.6 Å². The zero-order chi connectivity index (χ0) is 13.2. The number of aromatic nitrogens is 1. The molecule has 0 unspecified atom stereocenters. The standard InChI is InChI=1S/C16H23N3/c1-2-19-11-12(10-18-14-5-3-4-6-14)15-9-13(17)7-8-16(15)19/h7-9,11,14,18H,2-6,10,17H2,1H3. The lowest BCUT2D eigenvalue weighted by atomic mass is 10.1. The second-order valence-corrected chi connectivity index (χ2v) is 5.58. The number of benzene rings is 1. The van der Waals surface area contributed by atoms with Crippen molar-refractivity contribution in [3.8, 4) is 0 Å². The van der Waals surface area contributed by atoms with E-state index >= 15 is 0 Å². The van der Waals surface area contributed by atoms with E-state index in [0.29, 0.717) is 6.04 Å². The Labute approximate surface area is 114 Å². The summed E-state index contributed by atoms with van der Waals surface area (Å²) in [5.74, 6) is 0. The molecule has 1 aromatic heterocycles. The van der Waals surface area contributed by atoms with Gasteiger partial charge in [-0.3, -0.25) is 0 Å². The van der Waals surface area contributed by atoms with Crippen LogP contribution in [0.3, 0.4) is 0 Å². The van der Waals surface area contributed by atoms with E-state index in [1.165, 1.54) is 42.1 Å². The number of anilines is 1. The summed E-state index contributed by atoms with van der Waals surface area (Å²) in [4.78, 5) is 0. The van der Waals surface area contributed by atoms with Gasteiger partial charge in [-0.2, -0.15) is 0 Å². The number of nitrogens with one attached hydrogen (secondary N) is 1. The van der Waals surface area contributed by atoms with Crippen LogP contribution >= 0.6 is 0 Å². The summed E-state index contributed by atoms with van der Waals surface area (Å²) in [6.45, 7) is 4.14. The van der Waals surface area contributed by atoms with Gasteiger partial charge in [-0.05, 0) is 43.5 Å². The molecule has 2 aromatic rings. The number of nitrogen functional groups attached to an aromatic ring is 1. The lowest BCUT2D eigenvalue weighted by molar-refractivity contribution is 0.525. The summed E-state index contributed by atoms with van der Waals surface area (Å²) in [7, 11) is 0. The van der Waals surface area contributed by atoms with Gasteiger partial charge in [-0.1, -0.05) is 12.8 Å². The van der Waals surface area contributed by atoms with Crippen molar-refractivity contribution in [1.82, 2.24) is 9.88 Å². The molecule has 0 aliphatic heterocycles. The Morgan fingerprint density at radius 2 is 2.11 bits per heavy atom. The summed E-state index contributed by atoms with van der Waals surface area (Å²) in [5.41, 5.74) is 9.45. The third kappa shape index (κ3) is 2.47. The quantitative estimate of drug-likeness (QED) is 0.825. The lowest BCUT2D eigenvalue weighted by Crippen LogP contribution is -2.25. The largest absolute Gasteiger partial charge is 0.399 e.